The molecular formula is C16H34N2O6Zn. The van der Waals surface area contributed by atoms with Crippen LogP contribution in [0.2, 0.25) is 0 Å². The smallest absolute Gasteiger partial charge is 0.407 e. The molecule has 0 spiro atoms. The first-order valence-corrected chi connectivity index (χ1v) is 8.06. The normalized spacial score (nSPS) is 10.6. The summed E-state index contributed by atoms with van der Waals surface area (Å²) in [6, 6.07) is 0. The molecule has 0 aromatic carbocycles. The van der Waals surface area contributed by atoms with Gasteiger partial charge in [-0.15, -0.1) is 0 Å². The van der Waals surface area contributed by atoms with E-state index in [0.29, 0.717) is 25.9 Å². The quantitative estimate of drug-likeness (QED) is 0.388. The van der Waals surface area contributed by atoms with Crippen LogP contribution in [0.3, 0.4) is 0 Å². The first kappa shape index (κ1) is 28.9. The third-order valence-electron chi connectivity index (χ3n) is 2.01. The predicted molar refractivity (Wildman–Crippen MR) is 91.9 cm³/mol. The maximum Gasteiger partial charge on any atom is 0.407 e. The van der Waals surface area contributed by atoms with E-state index in [1.165, 1.54) is 0 Å². The number of carbonyl (C=O) groups is 2. The summed E-state index contributed by atoms with van der Waals surface area (Å²) in [5.74, 6) is 0. The van der Waals surface area contributed by atoms with E-state index < -0.39 is 23.4 Å². The van der Waals surface area contributed by atoms with Gasteiger partial charge < -0.3 is 30.3 Å². The van der Waals surface area contributed by atoms with Gasteiger partial charge in [-0.25, -0.2) is 9.59 Å². The minimum absolute atomic E-state index is 0. The van der Waals surface area contributed by atoms with E-state index in [2.05, 4.69) is 10.6 Å². The second kappa shape index (κ2) is 15.3. The van der Waals surface area contributed by atoms with Gasteiger partial charge >= 0.3 is 12.2 Å². The van der Waals surface area contributed by atoms with E-state index >= 15 is 0 Å². The Morgan fingerprint density at radius 2 is 1.04 bits per heavy atom. The third kappa shape index (κ3) is 28.2. The molecule has 2 amide bonds. The maximum absolute atomic E-state index is 10.9. The minimum atomic E-state index is -0.455. The first-order chi connectivity index (χ1) is 10.9. The average molecular weight is 416 g/mol. The molecule has 0 aromatic rings. The third-order valence-corrected chi connectivity index (χ3v) is 2.01. The summed E-state index contributed by atoms with van der Waals surface area (Å²) in [7, 11) is 0. The van der Waals surface area contributed by atoms with Gasteiger partial charge in [0.25, 0.3) is 0 Å². The van der Waals surface area contributed by atoms with E-state index in [0.717, 1.165) is 0 Å². The standard InChI is InChI=1S/2C8H17NO3.Zn/c2*1-8(2,3)12-7(11)9-5-4-6-10;/h2*10H,4-6H2,1-3H3,(H,9,11);. The Kier molecular flexibility index (Phi) is 17.7. The van der Waals surface area contributed by atoms with Crippen molar-refractivity contribution in [3.63, 3.8) is 0 Å². The molecule has 4 N–H and O–H groups in total. The number of hydrogen-bond donors (Lipinski definition) is 4. The maximum atomic E-state index is 10.9. The first-order valence-electron chi connectivity index (χ1n) is 8.06. The van der Waals surface area contributed by atoms with Crippen LogP contribution in [0.4, 0.5) is 9.59 Å². The molecule has 0 aliphatic heterocycles. The van der Waals surface area contributed by atoms with E-state index in [1.54, 1.807) is 41.5 Å². The average Bonchev–Trinajstić information content (AvgIpc) is 2.36. The number of nitrogens with one attached hydrogen (secondary N) is 2. The van der Waals surface area contributed by atoms with Crippen molar-refractivity contribution in [2.24, 2.45) is 0 Å². The predicted octanol–water partition coefficient (Wildman–Crippen LogP) is 1.78. The Balaban J connectivity index is -0.000000372. The molecule has 0 saturated carbocycles. The second-order valence-corrected chi connectivity index (χ2v) is 7.01. The molecule has 9 heteroatoms. The van der Waals surface area contributed by atoms with Gasteiger partial charge in [-0.2, -0.15) is 0 Å². The van der Waals surface area contributed by atoms with Gasteiger partial charge in [0.1, 0.15) is 11.2 Å². The second-order valence-electron chi connectivity index (χ2n) is 7.01. The van der Waals surface area contributed by atoms with Gasteiger partial charge in [0.2, 0.25) is 0 Å². The van der Waals surface area contributed by atoms with Gasteiger partial charge in [-0.05, 0) is 54.4 Å². The summed E-state index contributed by atoms with van der Waals surface area (Å²) >= 11 is 0. The molecule has 0 heterocycles. The number of alkyl carbamates (subject to hydrolysis) is 2. The van der Waals surface area contributed by atoms with Crippen molar-refractivity contribution < 1.29 is 48.8 Å². The zero-order valence-corrected chi connectivity index (χ0v) is 19.4. The van der Waals surface area contributed by atoms with Crippen LogP contribution in [-0.2, 0) is 29.0 Å². The molecule has 146 valence electrons. The number of carbonyl (C=O) groups excluding carboxylic acids is 2. The van der Waals surface area contributed by atoms with Crippen molar-refractivity contribution in [3.8, 4) is 0 Å². The molecule has 0 rings (SSSR count). The molecule has 0 bridgehead atoms. The molecule has 0 saturated heterocycles. The topological polar surface area (TPSA) is 117 Å². The zero-order chi connectivity index (χ0) is 19.2. The van der Waals surface area contributed by atoms with Gasteiger partial charge in [0.05, 0.1) is 0 Å². The van der Waals surface area contributed by atoms with Crippen LogP contribution in [0.5, 0.6) is 0 Å². The fourth-order valence-corrected chi connectivity index (χ4v) is 1.17. The van der Waals surface area contributed by atoms with Crippen LogP contribution in [-0.4, -0.2) is 59.9 Å². The molecule has 25 heavy (non-hydrogen) atoms. The Morgan fingerprint density at radius 1 is 0.760 bits per heavy atom. The van der Waals surface area contributed by atoms with Crippen molar-refractivity contribution in [1.29, 1.82) is 0 Å². The van der Waals surface area contributed by atoms with Crippen molar-refractivity contribution in [2.45, 2.75) is 65.6 Å². The fraction of sp³-hybridized carbons (Fsp3) is 0.875. The van der Waals surface area contributed by atoms with E-state index in [4.69, 9.17) is 19.7 Å². The van der Waals surface area contributed by atoms with Crippen LogP contribution >= 0.6 is 0 Å². The van der Waals surface area contributed by atoms with Crippen LogP contribution in [0.15, 0.2) is 0 Å². The number of hydrogen-bond acceptors (Lipinski definition) is 6. The zero-order valence-electron chi connectivity index (χ0n) is 16.5. The van der Waals surface area contributed by atoms with Crippen molar-refractivity contribution in [1.82, 2.24) is 10.6 Å². The summed E-state index contributed by atoms with van der Waals surface area (Å²) < 4.78 is 9.91. The summed E-state index contributed by atoms with van der Waals surface area (Å²) in [6.45, 7) is 11.9. The minimum Gasteiger partial charge on any atom is -0.444 e. The van der Waals surface area contributed by atoms with E-state index in [-0.39, 0.29) is 32.7 Å². The Bertz CT molecular complexity index is 320. The number of amides is 2. The Morgan fingerprint density at radius 3 is 1.24 bits per heavy atom. The summed E-state index contributed by atoms with van der Waals surface area (Å²) in [5.41, 5.74) is -0.910. The molecule has 0 aromatic heterocycles. The van der Waals surface area contributed by atoms with Gasteiger partial charge in [0, 0.05) is 45.8 Å². The molecule has 8 nitrogen and oxygen atoms in total. The SMILES string of the molecule is CC(C)(C)OC(=O)NCCCO.CC(C)(C)OC(=O)NCCCO.[Zn]. The van der Waals surface area contributed by atoms with Gasteiger partial charge in [-0.1, -0.05) is 0 Å². The van der Waals surface area contributed by atoms with E-state index in [1.807, 2.05) is 0 Å². The summed E-state index contributed by atoms with van der Waals surface area (Å²) in [4.78, 5) is 21.8. The molecule has 0 unspecified atom stereocenters. The van der Waals surface area contributed by atoms with Crippen molar-refractivity contribution in [2.75, 3.05) is 26.3 Å². The van der Waals surface area contributed by atoms with Crippen molar-refractivity contribution in [3.05, 3.63) is 0 Å². The fourth-order valence-electron chi connectivity index (χ4n) is 1.17. The number of aliphatic hydroxyl groups excluding tert-OH is 2. The van der Waals surface area contributed by atoms with Crippen LogP contribution < -0.4 is 10.6 Å². The molecule has 0 atom stereocenters. The van der Waals surface area contributed by atoms with Gasteiger partial charge in [0.15, 0.2) is 0 Å². The Hall–Kier alpha value is -0.917. The largest absolute Gasteiger partial charge is 0.444 e. The van der Waals surface area contributed by atoms with E-state index in [9.17, 15) is 9.59 Å². The molecule has 0 aliphatic rings. The molecule has 0 radical (unpaired) electrons. The molecule has 0 fully saturated rings. The summed E-state index contributed by atoms with van der Waals surface area (Å²) in [5, 5.41) is 21.9. The van der Waals surface area contributed by atoms with Crippen LogP contribution in [0.25, 0.3) is 0 Å². The summed E-state index contributed by atoms with van der Waals surface area (Å²) in [6.07, 6.45) is 0.241. The Labute approximate surface area is 163 Å². The monoisotopic (exact) mass is 414 g/mol. The van der Waals surface area contributed by atoms with Crippen LogP contribution in [0, 0.1) is 0 Å². The number of aliphatic hydroxyl groups is 2. The van der Waals surface area contributed by atoms with Gasteiger partial charge in [-0.3, -0.25) is 0 Å². The number of ether oxygens (including phenoxy) is 2. The molecular weight excluding hydrogens is 382 g/mol. The van der Waals surface area contributed by atoms with Crippen LogP contribution in [0.1, 0.15) is 54.4 Å². The van der Waals surface area contributed by atoms with Crippen molar-refractivity contribution >= 4 is 12.2 Å². The molecule has 0 aliphatic carbocycles. The number of rotatable bonds is 6.